The van der Waals surface area contributed by atoms with Gasteiger partial charge in [-0.3, -0.25) is 4.79 Å². The highest BCUT2D eigenvalue weighted by atomic mass is 79.9. The first kappa shape index (κ1) is 7.35. The molecule has 1 aliphatic carbocycles. The topological polar surface area (TPSA) is 26.3 Å². The van der Waals surface area contributed by atoms with Crippen LogP contribution in [0.15, 0.2) is 10.6 Å². The van der Waals surface area contributed by atoms with Gasteiger partial charge in [0.15, 0.2) is 0 Å². The van der Waals surface area contributed by atoms with Crippen molar-refractivity contribution in [2.75, 3.05) is 6.61 Å². The lowest BCUT2D eigenvalue weighted by molar-refractivity contribution is -0.141. The van der Waals surface area contributed by atoms with Gasteiger partial charge in [0.05, 0.1) is 12.5 Å². The zero-order valence-electron chi connectivity index (χ0n) is 6.05. The van der Waals surface area contributed by atoms with Crippen molar-refractivity contribution < 1.29 is 9.53 Å². The van der Waals surface area contributed by atoms with E-state index in [1.165, 1.54) is 0 Å². The number of carbonyl (C=O) groups is 1. The van der Waals surface area contributed by atoms with Crippen molar-refractivity contribution >= 4 is 21.9 Å². The highest BCUT2D eigenvalue weighted by molar-refractivity contribution is 9.11. The summed E-state index contributed by atoms with van der Waals surface area (Å²) in [6.07, 6.45) is 4.10. The molecule has 2 rings (SSSR count). The number of allylic oxidation sites excluding steroid dienone is 1. The zero-order valence-corrected chi connectivity index (χ0v) is 7.63. The summed E-state index contributed by atoms with van der Waals surface area (Å²) in [4.78, 5) is 11.1. The molecule has 0 aromatic heterocycles. The number of carbonyl (C=O) groups excluding carboxylic acids is 1. The van der Waals surface area contributed by atoms with Crippen LogP contribution in [-0.4, -0.2) is 12.6 Å². The highest BCUT2D eigenvalue weighted by Gasteiger charge is 2.39. The van der Waals surface area contributed by atoms with E-state index >= 15 is 0 Å². The second-order valence-corrected chi connectivity index (χ2v) is 3.93. The number of hydrogen-bond acceptors (Lipinski definition) is 2. The lowest BCUT2D eigenvalue weighted by Gasteiger charge is -2.18. The Labute approximate surface area is 73.7 Å². The zero-order chi connectivity index (χ0) is 7.84. The molecule has 0 unspecified atom stereocenters. The molecule has 0 aromatic rings. The van der Waals surface area contributed by atoms with Crippen LogP contribution in [0, 0.1) is 11.8 Å². The van der Waals surface area contributed by atoms with Gasteiger partial charge in [-0.2, -0.15) is 0 Å². The molecule has 1 saturated heterocycles. The normalized spacial score (nSPS) is 36.1. The second kappa shape index (κ2) is 2.63. The van der Waals surface area contributed by atoms with Crippen LogP contribution in [0.25, 0.3) is 0 Å². The van der Waals surface area contributed by atoms with Gasteiger partial charge in [-0.05, 0) is 17.3 Å². The van der Waals surface area contributed by atoms with E-state index in [0.717, 1.165) is 17.3 Å². The molecule has 2 atom stereocenters. The molecule has 1 fully saturated rings. The van der Waals surface area contributed by atoms with Crippen LogP contribution in [0.3, 0.4) is 0 Å². The van der Waals surface area contributed by atoms with Crippen LogP contribution in [0.5, 0.6) is 0 Å². The maximum atomic E-state index is 11.1. The minimum absolute atomic E-state index is 0.0138. The van der Waals surface area contributed by atoms with E-state index in [-0.39, 0.29) is 11.9 Å². The van der Waals surface area contributed by atoms with Crippen LogP contribution in [0.1, 0.15) is 12.8 Å². The lowest BCUT2D eigenvalue weighted by atomic mass is 9.86. The molecule has 1 aliphatic heterocycles. The van der Waals surface area contributed by atoms with E-state index < -0.39 is 0 Å². The summed E-state index contributed by atoms with van der Waals surface area (Å²) in [5.74, 6) is 0.436. The molecule has 0 spiro atoms. The molecular weight excluding hydrogens is 208 g/mol. The summed E-state index contributed by atoms with van der Waals surface area (Å²) in [7, 11) is 0. The summed E-state index contributed by atoms with van der Waals surface area (Å²) in [6, 6.07) is 0. The van der Waals surface area contributed by atoms with Gasteiger partial charge < -0.3 is 4.74 Å². The summed E-state index contributed by atoms with van der Waals surface area (Å²) < 4.78 is 6.11. The second-order valence-electron chi connectivity index (χ2n) is 3.01. The number of ether oxygens (including phenoxy) is 1. The molecule has 2 aliphatic rings. The maximum absolute atomic E-state index is 11.1. The van der Waals surface area contributed by atoms with Crippen molar-refractivity contribution in [2.45, 2.75) is 12.8 Å². The van der Waals surface area contributed by atoms with E-state index in [4.69, 9.17) is 4.74 Å². The Hall–Kier alpha value is -0.310. The highest BCUT2D eigenvalue weighted by Crippen LogP contribution is 2.38. The molecule has 0 bridgehead atoms. The molecule has 60 valence electrons. The molecule has 0 aromatic carbocycles. The predicted molar refractivity (Wildman–Crippen MR) is 44.2 cm³/mol. The summed E-state index contributed by atoms with van der Waals surface area (Å²) in [5.41, 5.74) is 0. The van der Waals surface area contributed by atoms with Gasteiger partial charge in [-0.1, -0.05) is 22.0 Å². The van der Waals surface area contributed by atoms with Gasteiger partial charge in [0.2, 0.25) is 0 Å². The van der Waals surface area contributed by atoms with Crippen molar-refractivity contribution in [2.24, 2.45) is 11.8 Å². The molecule has 3 heteroatoms. The van der Waals surface area contributed by atoms with Crippen molar-refractivity contribution in [3.63, 3.8) is 0 Å². The van der Waals surface area contributed by atoms with Gasteiger partial charge in [-0.15, -0.1) is 0 Å². The van der Waals surface area contributed by atoms with Crippen LogP contribution in [0.2, 0.25) is 0 Å². The quantitative estimate of drug-likeness (QED) is 0.578. The van der Waals surface area contributed by atoms with Crippen LogP contribution < -0.4 is 0 Å². The largest absolute Gasteiger partial charge is 0.465 e. The fourth-order valence-electron chi connectivity index (χ4n) is 1.70. The molecule has 0 saturated carbocycles. The van der Waals surface area contributed by atoms with E-state index in [1.807, 2.05) is 0 Å². The van der Waals surface area contributed by atoms with Crippen LogP contribution in [0.4, 0.5) is 0 Å². The van der Waals surface area contributed by atoms with Crippen LogP contribution >= 0.6 is 15.9 Å². The molecule has 0 N–H and O–H groups in total. The average Bonchev–Trinajstić information content (AvgIpc) is 2.35. The van der Waals surface area contributed by atoms with E-state index in [2.05, 4.69) is 22.0 Å². The van der Waals surface area contributed by atoms with Gasteiger partial charge in [0.25, 0.3) is 0 Å². The van der Waals surface area contributed by atoms with Crippen molar-refractivity contribution in [1.29, 1.82) is 0 Å². The first-order valence-corrected chi connectivity index (χ1v) is 4.60. The molecular formula is C8H9BrO2. The molecule has 1 heterocycles. The maximum Gasteiger partial charge on any atom is 0.309 e. The number of fused-ring (bicyclic) bond motifs is 1. The minimum atomic E-state index is -0.0138. The SMILES string of the molecule is O=C1OC[C@@H]2C(Br)=CCC[C@@H]12. The average molecular weight is 217 g/mol. The van der Waals surface area contributed by atoms with E-state index in [1.54, 1.807) is 0 Å². The molecule has 0 amide bonds. The standard InChI is InChI=1S/C8H9BrO2/c9-7-3-1-2-5-6(7)4-11-8(5)10/h3,5-6H,1-2,4H2/t5-,6+/m1/s1. The van der Waals surface area contributed by atoms with Crippen molar-refractivity contribution in [3.05, 3.63) is 10.6 Å². The third-order valence-corrected chi connectivity index (χ3v) is 3.28. The number of rotatable bonds is 0. The van der Waals surface area contributed by atoms with Crippen LogP contribution in [-0.2, 0) is 9.53 Å². The van der Waals surface area contributed by atoms with Gasteiger partial charge in [-0.25, -0.2) is 0 Å². The third-order valence-electron chi connectivity index (χ3n) is 2.36. The monoisotopic (exact) mass is 216 g/mol. The van der Waals surface area contributed by atoms with E-state index in [0.29, 0.717) is 12.5 Å². The first-order chi connectivity index (χ1) is 5.29. The Balaban J connectivity index is 2.24. The summed E-state index contributed by atoms with van der Waals surface area (Å²) in [6.45, 7) is 0.570. The fraction of sp³-hybridized carbons (Fsp3) is 0.625. The third kappa shape index (κ3) is 1.11. The number of cyclic esters (lactones) is 1. The summed E-state index contributed by atoms with van der Waals surface area (Å²) in [5, 5.41) is 0. The minimum Gasteiger partial charge on any atom is -0.465 e. The number of esters is 1. The number of halogens is 1. The Morgan fingerprint density at radius 1 is 1.55 bits per heavy atom. The predicted octanol–water partition coefficient (Wildman–Crippen LogP) is 1.85. The Morgan fingerprint density at radius 3 is 3.09 bits per heavy atom. The van der Waals surface area contributed by atoms with Gasteiger partial charge in [0.1, 0.15) is 0 Å². The molecule has 11 heavy (non-hydrogen) atoms. The smallest absolute Gasteiger partial charge is 0.309 e. The van der Waals surface area contributed by atoms with Gasteiger partial charge in [0, 0.05) is 5.92 Å². The lowest BCUT2D eigenvalue weighted by Crippen LogP contribution is -2.18. The first-order valence-electron chi connectivity index (χ1n) is 3.81. The Morgan fingerprint density at radius 2 is 2.36 bits per heavy atom. The molecule has 2 nitrogen and oxygen atoms in total. The Bertz CT molecular complexity index is 222. The fourth-order valence-corrected chi connectivity index (χ4v) is 2.38. The van der Waals surface area contributed by atoms with Crippen molar-refractivity contribution in [1.82, 2.24) is 0 Å². The summed E-state index contributed by atoms with van der Waals surface area (Å²) >= 11 is 3.45. The van der Waals surface area contributed by atoms with E-state index in [9.17, 15) is 4.79 Å². The molecule has 0 radical (unpaired) electrons. The number of hydrogen-bond donors (Lipinski definition) is 0. The van der Waals surface area contributed by atoms with Crippen molar-refractivity contribution in [3.8, 4) is 0 Å². The van der Waals surface area contributed by atoms with Gasteiger partial charge >= 0.3 is 5.97 Å². The Kier molecular flexibility index (Phi) is 1.75.